The van der Waals surface area contributed by atoms with Crippen LogP contribution in [0.25, 0.3) is 0 Å². The molecule has 2 aliphatic rings. The topological polar surface area (TPSA) is 41.6 Å². The quantitative estimate of drug-likeness (QED) is 0.781. The first-order chi connectivity index (χ1) is 8.20. The van der Waals surface area contributed by atoms with E-state index in [-0.39, 0.29) is 11.9 Å². The van der Waals surface area contributed by atoms with Crippen molar-refractivity contribution in [1.29, 1.82) is 0 Å². The molecule has 0 aromatic heterocycles. The summed E-state index contributed by atoms with van der Waals surface area (Å²) in [6, 6.07) is 4.32. The third kappa shape index (κ3) is 1.52. The lowest BCUT2D eigenvalue weighted by molar-refractivity contribution is -0.119. The fraction of sp³-hybridized carbons (Fsp3) is 0.462. The summed E-state index contributed by atoms with van der Waals surface area (Å²) < 4.78 is 5.28. The monoisotopic (exact) mass is 232 g/mol. The highest BCUT2D eigenvalue weighted by Crippen LogP contribution is 2.38. The Hall–Kier alpha value is -1.55. The van der Waals surface area contributed by atoms with Crippen molar-refractivity contribution in [3.63, 3.8) is 0 Å². The predicted octanol–water partition coefficient (Wildman–Crippen LogP) is 0.865. The number of piperazine rings is 1. The van der Waals surface area contributed by atoms with Gasteiger partial charge in [-0.25, -0.2) is 0 Å². The van der Waals surface area contributed by atoms with Gasteiger partial charge in [0.15, 0.2) is 0 Å². The van der Waals surface area contributed by atoms with Gasteiger partial charge in [-0.2, -0.15) is 0 Å². The molecule has 1 unspecified atom stereocenters. The van der Waals surface area contributed by atoms with Gasteiger partial charge in [-0.3, -0.25) is 4.79 Å². The van der Waals surface area contributed by atoms with Gasteiger partial charge in [-0.05, 0) is 36.6 Å². The van der Waals surface area contributed by atoms with Crippen molar-refractivity contribution in [3.05, 3.63) is 23.3 Å². The Balaban J connectivity index is 2.10. The van der Waals surface area contributed by atoms with Crippen molar-refractivity contribution in [2.45, 2.75) is 19.4 Å². The Kier molecular flexibility index (Phi) is 2.33. The maximum atomic E-state index is 12.0. The van der Waals surface area contributed by atoms with E-state index in [1.165, 1.54) is 5.56 Å². The Labute approximate surface area is 101 Å². The van der Waals surface area contributed by atoms with Gasteiger partial charge in [0.2, 0.25) is 5.91 Å². The van der Waals surface area contributed by atoms with Crippen LogP contribution in [0.4, 0.5) is 5.69 Å². The molecule has 1 amide bonds. The summed E-state index contributed by atoms with van der Waals surface area (Å²) in [6.45, 7) is 3.36. The molecule has 0 bridgehead atoms. The number of nitrogens with zero attached hydrogens (tertiary/aromatic N) is 1. The third-order valence-electron chi connectivity index (χ3n) is 3.58. The summed E-state index contributed by atoms with van der Waals surface area (Å²) in [4.78, 5) is 13.9. The van der Waals surface area contributed by atoms with Crippen LogP contribution in [0.1, 0.15) is 11.1 Å². The number of nitrogens with one attached hydrogen (secondary N) is 1. The van der Waals surface area contributed by atoms with Crippen LogP contribution in [-0.2, 0) is 11.2 Å². The van der Waals surface area contributed by atoms with E-state index in [0.717, 1.165) is 30.0 Å². The van der Waals surface area contributed by atoms with Crippen LogP contribution in [-0.4, -0.2) is 32.1 Å². The average molecular weight is 232 g/mol. The number of fused-ring (bicyclic) bond motifs is 3. The fourth-order valence-corrected chi connectivity index (χ4v) is 2.89. The highest BCUT2D eigenvalue weighted by Gasteiger charge is 2.37. The van der Waals surface area contributed by atoms with Crippen LogP contribution in [0.2, 0.25) is 0 Å². The van der Waals surface area contributed by atoms with Crippen molar-refractivity contribution in [1.82, 2.24) is 5.32 Å². The first kappa shape index (κ1) is 10.6. The van der Waals surface area contributed by atoms with Gasteiger partial charge in [-0.1, -0.05) is 0 Å². The molecular weight excluding hydrogens is 216 g/mol. The van der Waals surface area contributed by atoms with Gasteiger partial charge < -0.3 is 15.0 Å². The fourth-order valence-electron chi connectivity index (χ4n) is 2.89. The molecular formula is C13H16N2O2. The summed E-state index contributed by atoms with van der Waals surface area (Å²) in [5.41, 5.74) is 3.45. The van der Waals surface area contributed by atoms with Gasteiger partial charge in [-0.15, -0.1) is 0 Å². The normalized spacial score (nSPS) is 22.4. The lowest BCUT2D eigenvalue weighted by Gasteiger charge is -2.31. The molecule has 4 heteroatoms. The zero-order chi connectivity index (χ0) is 12.0. The van der Waals surface area contributed by atoms with E-state index < -0.39 is 0 Å². The van der Waals surface area contributed by atoms with E-state index >= 15 is 0 Å². The number of carbonyl (C=O) groups is 1. The van der Waals surface area contributed by atoms with Crippen LogP contribution in [0.3, 0.4) is 0 Å². The second kappa shape index (κ2) is 3.74. The van der Waals surface area contributed by atoms with E-state index in [2.05, 4.69) is 5.32 Å². The van der Waals surface area contributed by atoms with Crippen molar-refractivity contribution in [3.8, 4) is 5.75 Å². The van der Waals surface area contributed by atoms with E-state index in [4.69, 9.17) is 4.74 Å². The minimum Gasteiger partial charge on any atom is -0.497 e. The van der Waals surface area contributed by atoms with E-state index in [0.29, 0.717) is 6.54 Å². The number of rotatable bonds is 1. The molecule has 1 saturated heterocycles. The molecule has 0 spiro atoms. The molecule has 1 atom stereocenters. The standard InChI is InChI=1S/C13H16N2O2/c1-8-3-11(17-2)5-9-4-10-6-14-7-12(16)15(10)13(8)9/h3,5,10,14H,4,6-7H2,1-2H3. The molecule has 2 aliphatic heterocycles. The molecule has 17 heavy (non-hydrogen) atoms. The van der Waals surface area contributed by atoms with Crippen molar-refractivity contribution >= 4 is 11.6 Å². The van der Waals surface area contributed by atoms with E-state index in [1.807, 2.05) is 24.0 Å². The number of benzene rings is 1. The number of hydrogen-bond acceptors (Lipinski definition) is 3. The number of hydrogen-bond donors (Lipinski definition) is 1. The highest BCUT2D eigenvalue weighted by atomic mass is 16.5. The number of aryl methyl sites for hydroxylation is 1. The molecule has 1 aromatic rings. The third-order valence-corrected chi connectivity index (χ3v) is 3.58. The number of methoxy groups -OCH3 is 1. The van der Waals surface area contributed by atoms with Gasteiger partial charge in [0.05, 0.1) is 25.4 Å². The van der Waals surface area contributed by atoms with E-state index in [1.54, 1.807) is 7.11 Å². The van der Waals surface area contributed by atoms with Gasteiger partial charge in [0.25, 0.3) is 0 Å². The Bertz CT molecular complexity index is 485. The van der Waals surface area contributed by atoms with E-state index in [9.17, 15) is 4.79 Å². The zero-order valence-electron chi connectivity index (χ0n) is 10.1. The van der Waals surface area contributed by atoms with Crippen LogP contribution in [0, 0.1) is 6.92 Å². The van der Waals surface area contributed by atoms with Gasteiger partial charge in [0.1, 0.15) is 5.75 Å². The average Bonchev–Trinajstić information content (AvgIpc) is 2.68. The Morgan fingerprint density at radius 2 is 2.29 bits per heavy atom. The maximum Gasteiger partial charge on any atom is 0.241 e. The zero-order valence-corrected chi connectivity index (χ0v) is 10.1. The largest absolute Gasteiger partial charge is 0.497 e. The van der Waals surface area contributed by atoms with Gasteiger partial charge in [0, 0.05) is 6.54 Å². The Morgan fingerprint density at radius 1 is 1.47 bits per heavy atom. The maximum absolute atomic E-state index is 12.0. The molecule has 90 valence electrons. The number of carbonyl (C=O) groups excluding carboxylic acids is 1. The van der Waals surface area contributed by atoms with Crippen LogP contribution >= 0.6 is 0 Å². The summed E-state index contributed by atoms with van der Waals surface area (Å²) in [6.07, 6.45) is 0.923. The minimum atomic E-state index is 0.174. The summed E-state index contributed by atoms with van der Waals surface area (Å²) >= 11 is 0. The van der Waals surface area contributed by atoms with Crippen LogP contribution in [0.15, 0.2) is 12.1 Å². The summed E-state index contributed by atoms with van der Waals surface area (Å²) in [5.74, 6) is 1.05. The minimum absolute atomic E-state index is 0.174. The van der Waals surface area contributed by atoms with Crippen LogP contribution in [0.5, 0.6) is 5.75 Å². The van der Waals surface area contributed by atoms with Crippen molar-refractivity contribution in [2.75, 3.05) is 25.1 Å². The molecule has 3 rings (SSSR count). The second-order valence-electron chi connectivity index (χ2n) is 4.70. The lowest BCUT2D eigenvalue weighted by atomic mass is 10.1. The number of ether oxygens (including phenoxy) is 1. The number of amides is 1. The first-order valence-electron chi connectivity index (χ1n) is 5.91. The molecule has 2 heterocycles. The first-order valence-corrected chi connectivity index (χ1v) is 5.91. The molecule has 0 aliphatic carbocycles. The summed E-state index contributed by atoms with van der Waals surface area (Å²) in [5, 5.41) is 3.17. The van der Waals surface area contributed by atoms with Crippen LogP contribution < -0.4 is 15.0 Å². The molecule has 0 saturated carbocycles. The smallest absolute Gasteiger partial charge is 0.241 e. The van der Waals surface area contributed by atoms with Crippen molar-refractivity contribution < 1.29 is 9.53 Å². The van der Waals surface area contributed by atoms with Gasteiger partial charge >= 0.3 is 0 Å². The molecule has 1 aromatic carbocycles. The predicted molar refractivity (Wildman–Crippen MR) is 65.6 cm³/mol. The highest BCUT2D eigenvalue weighted by molar-refractivity contribution is 5.99. The SMILES string of the molecule is COc1cc(C)c2c(c1)CC1CNCC(=O)N21. The number of anilines is 1. The summed E-state index contributed by atoms with van der Waals surface area (Å²) in [7, 11) is 1.68. The van der Waals surface area contributed by atoms with Crippen molar-refractivity contribution in [2.24, 2.45) is 0 Å². The molecule has 4 nitrogen and oxygen atoms in total. The second-order valence-corrected chi connectivity index (χ2v) is 4.70. The molecule has 0 radical (unpaired) electrons. The molecule has 1 N–H and O–H groups in total. The lowest BCUT2D eigenvalue weighted by Crippen LogP contribution is -2.53. The Morgan fingerprint density at radius 3 is 3.06 bits per heavy atom. The molecule has 1 fully saturated rings.